The van der Waals surface area contributed by atoms with Crippen molar-refractivity contribution in [3.63, 3.8) is 0 Å². The summed E-state index contributed by atoms with van der Waals surface area (Å²) in [5.74, 6) is 0. The third-order valence-electron chi connectivity index (χ3n) is 14.8. The quantitative estimate of drug-likeness (QED) is 0.127. The Balaban J connectivity index is 0.925. The van der Waals surface area contributed by atoms with Gasteiger partial charge in [-0.3, -0.25) is 0 Å². The van der Waals surface area contributed by atoms with Crippen LogP contribution in [-0.2, 0) is 5.41 Å². The molecule has 0 radical (unpaired) electrons. The fraction of sp³-hybridized carbons (Fsp3) is 0.0462. The van der Waals surface area contributed by atoms with Gasteiger partial charge in [0, 0.05) is 16.2 Å². The van der Waals surface area contributed by atoms with Gasteiger partial charge in [0.1, 0.15) is 11.2 Å². The Kier molecular flexibility index (Phi) is 7.81. The highest BCUT2D eigenvalue weighted by atomic mass is 16.3. The van der Waals surface area contributed by atoms with Crippen molar-refractivity contribution in [2.24, 2.45) is 0 Å². The maximum absolute atomic E-state index is 6.58. The lowest BCUT2D eigenvalue weighted by Crippen LogP contribution is -2.14. The summed E-state index contributed by atoms with van der Waals surface area (Å²) >= 11 is 0. The van der Waals surface area contributed by atoms with E-state index in [4.69, 9.17) is 4.42 Å². The summed E-state index contributed by atoms with van der Waals surface area (Å²) in [6.07, 6.45) is 0. The lowest BCUT2D eigenvalue weighted by Gasteiger charge is -2.21. The normalized spacial score (nSPS) is 13.1. The van der Waals surface area contributed by atoms with E-state index in [1.807, 2.05) is 0 Å². The fourth-order valence-electron chi connectivity index (χ4n) is 11.7. The molecule has 0 N–H and O–H groups in total. The van der Waals surface area contributed by atoms with Crippen molar-refractivity contribution in [2.45, 2.75) is 19.3 Å². The molecule has 1 aliphatic rings. The van der Waals surface area contributed by atoms with E-state index in [0.717, 1.165) is 21.9 Å². The van der Waals surface area contributed by atoms with Crippen molar-refractivity contribution in [3.8, 4) is 55.6 Å². The van der Waals surface area contributed by atoms with Gasteiger partial charge in [-0.05, 0) is 163 Å². The van der Waals surface area contributed by atoms with E-state index in [2.05, 4.69) is 232 Å². The summed E-state index contributed by atoms with van der Waals surface area (Å²) < 4.78 is 6.58. The zero-order chi connectivity index (χ0) is 43.7. The number of hydrogen-bond donors (Lipinski definition) is 0. The summed E-state index contributed by atoms with van der Waals surface area (Å²) in [6.45, 7) is 4.72. The van der Waals surface area contributed by atoms with Gasteiger partial charge in [-0.2, -0.15) is 0 Å². The molecule has 0 unspecified atom stereocenters. The molecule has 1 heterocycles. The fourth-order valence-corrected chi connectivity index (χ4v) is 11.7. The van der Waals surface area contributed by atoms with Gasteiger partial charge < -0.3 is 4.42 Å². The Labute approximate surface area is 382 Å². The Morgan fingerprint density at radius 3 is 1.47 bits per heavy atom. The monoisotopic (exact) mass is 838 g/mol. The molecule has 66 heavy (non-hydrogen) atoms. The molecule has 0 amide bonds. The predicted octanol–water partition coefficient (Wildman–Crippen LogP) is 18.3. The summed E-state index contributed by atoms with van der Waals surface area (Å²) in [6, 6.07) is 81.0. The molecular weight excluding hydrogens is 797 g/mol. The van der Waals surface area contributed by atoms with Crippen molar-refractivity contribution in [1.82, 2.24) is 0 Å². The maximum Gasteiger partial charge on any atom is 0.135 e. The van der Waals surface area contributed by atoms with Crippen LogP contribution in [0, 0.1) is 0 Å². The van der Waals surface area contributed by atoms with Crippen LogP contribution in [0.3, 0.4) is 0 Å². The molecule has 12 aromatic carbocycles. The average molecular weight is 839 g/mol. The molecule has 1 nitrogen and oxygen atoms in total. The number of fused-ring (bicyclic) bond motifs is 13. The second-order valence-electron chi connectivity index (χ2n) is 18.7. The largest absolute Gasteiger partial charge is 0.456 e. The average Bonchev–Trinajstić information content (AvgIpc) is 3.85. The first-order valence-electron chi connectivity index (χ1n) is 23.1. The van der Waals surface area contributed by atoms with E-state index in [9.17, 15) is 0 Å². The lowest BCUT2D eigenvalue weighted by molar-refractivity contribution is 0.661. The predicted molar refractivity (Wildman–Crippen MR) is 281 cm³/mol. The van der Waals surface area contributed by atoms with Crippen LogP contribution in [0.25, 0.3) is 131 Å². The number of furan rings is 1. The van der Waals surface area contributed by atoms with Gasteiger partial charge >= 0.3 is 0 Å². The van der Waals surface area contributed by atoms with Crippen LogP contribution < -0.4 is 0 Å². The van der Waals surface area contributed by atoms with E-state index in [1.54, 1.807) is 0 Å². The molecular formula is C65H42O. The van der Waals surface area contributed by atoms with E-state index in [0.29, 0.717) is 0 Å². The first-order chi connectivity index (χ1) is 32.5. The van der Waals surface area contributed by atoms with Gasteiger partial charge in [0.2, 0.25) is 0 Å². The van der Waals surface area contributed by atoms with Crippen LogP contribution in [0.1, 0.15) is 25.0 Å². The van der Waals surface area contributed by atoms with Crippen LogP contribution in [0.4, 0.5) is 0 Å². The topological polar surface area (TPSA) is 13.1 Å². The SMILES string of the molecule is CC1(C)c2ccc(-c3ccc4oc5ccc(-c6c7ccccc7c(-c7cccc(-c8cc9ccccc9c9ccccc89)c7)c7ccccc67)cc5c4c3)cc2-c2c1ccc1ccccc21. The summed E-state index contributed by atoms with van der Waals surface area (Å²) in [5, 5.41) is 14.9. The minimum atomic E-state index is -0.0713. The van der Waals surface area contributed by atoms with Crippen molar-refractivity contribution >= 4 is 75.8 Å². The molecule has 0 spiro atoms. The van der Waals surface area contributed by atoms with Crippen LogP contribution in [0.5, 0.6) is 0 Å². The molecule has 0 fully saturated rings. The molecule has 13 aromatic rings. The molecule has 0 saturated carbocycles. The molecule has 0 aliphatic heterocycles. The standard InChI is InChI=1S/C65H42O/c1-65(2)58-30-27-40(36-57(58)64-47-19-6-3-14-39(47)26-31-59(64)65)41-28-32-60-55(35-41)56-38-45(29-33-61(56)66-60)63-52-24-11-9-22-50(52)62(51-23-10-12-25-53(51)63)44-17-13-16-42(34-44)54-37-43-15-4-5-18-46(43)48-20-7-8-21-49(48)54/h3-38H,1-2H3. The molecule has 14 rings (SSSR count). The van der Waals surface area contributed by atoms with Gasteiger partial charge in [0.25, 0.3) is 0 Å². The third kappa shape index (κ3) is 5.35. The minimum Gasteiger partial charge on any atom is -0.456 e. The first-order valence-corrected chi connectivity index (χ1v) is 23.1. The van der Waals surface area contributed by atoms with E-state index >= 15 is 0 Å². The van der Waals surface area contributed by atoms with E-state index in [1.165, 1.54) is 121 Å². The molecule has 1 aliphatic carbocycles. The summed E-state index contributed by atoms with van der Waals surface area (Å²) in [7, 11) is 0. The lowest BCUT2D eigenvalue weighted by atomic mass is 9.82. The number of benzene rings is 12. The van der Waals surface area contributed by atoms with Crippen molar-refractivity contribution in [2.75, 3.05) is 0 Å². The highest BCUT2D eigenvalue weighted by Gasteiger charge is 2.36. The number of hydrogen-bond acceptors (Lipinski definition) is 1. The van der Waals surface area contributed by atoms with E-state index < -0.39 is 0 Å². The summed E-state index contributed by atoms with van der Waals surface area (Å²) in [4.78, 5) is 0. The molecule has 308 valence electrons. The zero-order valence-electron chi connectivity index (χ0n) is 36.7. The Bertz CT molecular complexity index is 4140. The van der Waals surface area contributed by atoms with E-state index in [-0.39, 0.29) is 5.41 Å². The molecule has 0 bridgehead atoms. The second kappa shape index (κ2) is 13.9. The summed E-state index contributed by atoms with van der Waals surface area (Å²) in [5.41, 5.74) is 16.9. The van der Waals surface area contributed by atoms with Crippen LogP contribution in [-0.4, -0.2) is 0 Å². The molecule has 0 saturated heterocycles. The van der Waals surface area contributed by atoms with Gasteiger partial charge in [-0.25, -0.2) is 0 Å². The van der Waals surface area contributed by atoms with Gasteiger partial charge in [0.15, 0.2) is 0 Å². The molecule has 0 atom stereocenters. The Morgan fingerprint density at radius 1 is 0.273 bits per heavy atom. The Hall–Kier alpha value is -8.26. The van der Waals surface area contributed by atoms with Crippen LogP contribution in [0.2, 0.25) is 0 Å². The van der Waals surface area contributed by atoms with Gasteiger partial charge in [0.05, 0.1) is 0 Å². The first kappa shape index (κ1) is 37.1. The van der Waals surface area contributed by atoms with Crippen molar-refractivity contribution in [3.05, 3.63) is 230 Å². The Morgan fingerprint density at radius 2 is 0.773 bits per heavy atom. The van der Waals surface area contributed by atoms with Crippen LogP contribution in [0.15, 0.2) is 223 Å². The van der Waals surface area contributed by atoms with Gasteiger partial charge in [-0.15, -0.1) is 0 Å². The maximum atomic E-state index is 6.58. The minimum absolute atomic E-state index is 0.0713. The van der Waals surface area contributed by atoms with Crippen molar-refractivity contribution < 1.29 is 4.42 Å². The molecule has 1 aromatic heterocycles. The van der Waals surface area contributed by atoms with Gasteiger partial charge in [-0.1, -0.05) is 190 Å². The third-order valence-corrected chi connectivity index (χ3v) is 14.8. The zero-order valence-corrected chi connectivity index (χ0v) is 36.7. The highest BCUT2D eigenvalue weighted by molar-refractivity contribution is 6.23. The highest BCUT2D eigenvalue weighted by Crippen LogP contribution is 2.53. The van der Waals surface area contributed by atoms with Crippen LogP contribution >= 0.6 is 0 Å². The van der Waals surface area contributed by atoms with Crippen molar-refractivity contribution in [1.29, 1.82) is 0 Å². The second-order valence-corrected chi connectivity index (χ2v) is 18.7. The molecule has 1 heteroatoms. The smallest absolute Gasteiger partial charge is 0.135 e. The number of rotatable bonds is 4.